The largest absolute Gasteiger partial charge is 0.363 e. The van der Waals surface area contributed by atoms with Crippen LogP contribution >= 0.6 is 0 Å². The van der Waals surface area contributed by atoms with Crippen molar-refractivity contribution in [3.8, 4) is 0 Å². The fraction of sp³-hybridized carbons (Fsp3) is 0.667. The van der Waals surface area contributed by atoms with Crippen LogP contribution < -0.4 is 10.5 Å². The van der Waals surface area contributed by atoms with E-state index in [9.17, 15) is 8.42 Å². The normalized spacial score (nSPS) is 30.7. The average molecular weight is 284 g/mol. The number of aromatic amines is 1. The van der Waals surface area contributed by atoms with Crippen molar-refractivity contribution < 1.29 is 8.42 Å². The topological polar surface area (TPSA) is 91.2 Å². The minimum atomic E-state index is -3.44. The fourth-order valence-electron chi connectivity index (χ4n) is 3.06. The number of H-pyrrole nitrogens is 1. The monoisotopic (exact) mass is 284 g/mol. The predicted molar refractivity (Wildman–Crippen MR) is 72.0 cm³/mol. The first-order chi connectivity index (χ1) is 9.08. The Balaban J connectivity index is 1.74. The van der Waals surface area contributed by atoms with Crippen LogP contribution in [0.5, 0.6) is 0 Å². The lowest BCUT2D eigenvalue weighted by molar-refractivity contribution is 0.0827. The van der Waals surface area contributed by atoms with Crippen molar-refractivity contribution in [1.82, 2.24) is 14.6 Å². The lowest BCUT2D eigenvalue weighted by Gasteiger charge is -2.44. The van der Waals surface area contributed by atoms with Gasteiger partial charge < -0.3 is 15.6 Å². The van der Waals surface area contributed by atoms with Crippen LogP contribution in [0.2, 0.25) is 0 Å². The zero-order valence-corrected chi connectivity index (χ0v) is 11.6. The lowest BCUT2D eigenvalue weighted by atomic mass is 9.85. The van der Waals surface area contributed by atoms with Gasteiger partial charge >= 0.3 is 0 Å². The zero-order valence-electron chi connectivity index (χ0n) is 10.8. The molecule has 0 saturated carbocycles. The third kappa shape index (κ3) is 2.55. The molecule has 3 aliphatic heterocycles. The number of sulfonamides is 1. The number of nitrogens with one attached hydrogen (secondary N) is 2. The first-order valence-corrected chi connectivity index (χ1v) is 8.19. The minimum absolute atomic E-state index is 0.0451. The number of hydrogen-bond acceptors (Lipinski definition) is 4. The molecule has 0 spiro atoms. The summed E-state index contributed by atoms with van der Waals surface area (Å²) in [6.07, 6.45) is 3.69. The molecule has 2 bridgehead atoms. The summed E-state index contributed by atoms with van der Waals surface area (Å²) >= 11 is 0. The Morgan fingerprint density at radius 3 is 2.68 bits per heavy atom. The molecule has 3 aliphatic rings. The van der Waals surface area contributed by atoms with Crippen LogP contribution in [0.15, 0.2) is 17.2 Å². The van der Waals surface area contributed by atoms with Crippen LogP contribution in [0.25, 0.3) is 0 Å². The van der Waals surface area contributed by atoms with E-state index in [4.69, 9.17) is 5.73 Å². The third-order valence-corrected chi connectivity index (χ3v) is 5.68. The summed E-state index contributed by atoms with van der Waals surface area (Å²) in [5, 5.41) is 0. The highest BCUT2D eigenvalue weighted by Crippen LogP contribution is 2.28. The highest BCUT2D eigenvalue weighted by atomic mass is 32.2. The van der Waals surface area contributed by atoms with Crippen LogP contribution in [0.3, 0.4) is 0 Å². The van der Waals surface area contributed by atoms with Crippen molar-refractivity contribution in [3.05, 3.63) is 18.0 Å². The molecule has 3 saturated heterocycles. The first kappa shape index (κ1) is 13.1. The quantitative estimate of drug-likeness (QED) is 0.717. The Labute approximate surface area is 113 Å². The maximum absolute atomic E-state index is 12.3. The van der Waals surface area contributed by atoms with Crippen molar-refractivity contribution in [1.29, 1.82) is 0 Å². The predicted octanol–water partition coefficient (Wildman–Crippen LogP) is -0.154. The standard InChI is InChI=1S/C12H20N4O2S/c13-6-10-5-11(7-14-10)19(17,18)15-12-8-16-3-1-9(12)2-4-16/h5,7,9,12,14-15H,1-4,6,8,13H2. The van der Waals surface area contributed by atoms with Crippen molar-refractivity contribution in [3.63, 3.8) is 0 Å². The Hall–Kier alpha value is -0.890. The second kappa shape index (κ2) is 4.90. The molecule has 3 fully saturated rings. The minimum Gasteiger partial charge on any atom is -0.363 e. The Morgan fingerprint density at radius 1 is 1.42 bits per heavy atom. The number of fused-ring (bicyclic) bond motifs is 3. The summed E-state index contributed by atoms with van der Waals surface area (Å²) in [5.74, 6) is 0.479. The average Bonchev–Trinajstić information content (AvgIpc) is 2.89. The van der Waals surface area contributed by atoms with Gasteiger partial charge in [0, 0.05) is 31.0 Å². The van der Waals surface area contributed by atoms with Gasteiger partial charge in [0.25, 0.3) is 0 Å². The summed E-state index contributed by atoms with van der Waals surface area (Å²) < 4.78 is 27.5. The van der Waals surface area contributed by atoms with Crippen molar-refractivity contribution in [2.24, 2.45) is 11.7 Å². The summed E-state index contributed by atoms with van der Waals surface area (Å²) in [5.41, 5.74) is 6.22. The molecule has 0 amide bonds. The molecule has 4 heterocycles. The number of nitrogens with two attached hydrogens (primary N) is 1. The van der Waals surface area contributed by atoms with E-state index in [0.29, 0.717) is 12.5 Å². The molecule has 1 aromatic rings. The van der Waals surface area contributed by atoms with E-state index >= 15 is 0 Å². The smallest absolute Gasteiger partial charge is 0.242 e. The molecule has 1 aromatic heterocycles. The summed E-state index contributed by atoms with van der Waals surface area (Å²) in [6.45, 7) is 3.35. The van der Waals surface area contributed by atoms with Gasteiger partial charge in [0.15, 0.2) is 0 Å². The molecule has 106 valence electrons. The van der Waals surface area contributed by atoms with Gasteiger partial charge in [-0.05, 0) is 37.9 Å². The highest BCUT2D eigenvalue weighted by molar-refractivity contribution is 7.89. The van der Waals surface area contributed by atoms with Gasteiger partial charge in [-0.3, -0.25) is 0 Å². The molecular weight excluding hydrogens is 264 g/mol. The van der Waals surface area contributed by atoms with E-state index in [1.165, 1.54) is 6.20 Å². The second-order valence-electron chi connectivity index (χ2n) is 5.43. The molecular formula is C12H20N4O2S. The van der Waals surface area contributed by atoms with Crippen LogP contribution in [-0.2, 0) is 16.6 Å². The van der Waals surface area contributed by atoms with E-state index in [-0.39, 0.29) is 10.9 Å². The Kier molecular flexibility index (Phi) is 3.38. The molecule has 0 radical (unpaired) electrons. The van der Waals surface area contributed by atoms with Crippen LogP contribution in [-0.4, -0.2) is 44.0 Å². The van der Waals surface area contributed by atoms with Crippen molar-refractivity contribution >= 4 is 10.0 Å². The van der Waals surface area contributed by atoms with Gasteiger partial charge in [-0.1, -0.05) is 0 Å². The molecule has 1 atom stereocenters. The van der Waals surface area contributed by atoms with Gasteiger partial charge in [-0.2, -0.15) is 0 Å². The molecule has 4 N–H and O–H groups in total. The molecule has 19 heavy (non-hydrogen) atoms. The van der Waals surface area contributed by atoms with Gasteiger partial charge in [0.1, 0.15) is 0 Å². The van der Waals surface area contributed by atoms with E-state index < -0.39 is 10.0 Å². The maximum atomic E-state index is 12.3. The summed E-state index contributed by atoms with van der Waals surface area (Å²) in [4.78, 5) is 5.49. The molecule has 0 aliphatic carbocycles. The number of rotatable bonds is 4. The first-order valence-electron chi connectivity index (χ1n) is 6.70. The molecule has 7 heteroatoms. The van der Waals surface area contributed by atoms with Crippen molar-refractivity contribution in [2.45, 2.75) is 30.3 Å². The highest BCUT2D eigenvalue weighted by Gasteiger charge is 2.36. The number of nitrogens with zero attached hydrogens (tertiary/aromatic N) is 1. The second-order valence-corrected chi connectivity index (χ2v) is 7.14. The number of aromatic nitrogens is 1. The van der Waals surface area contributed by atoms with Crippen LogP contribution in [0.4, 0.5) is 0 Å². The third-order valence-electron chi connectivity index (χ3n) is 4.21. The maximum Gasteiger partial charge on any atom is 0.242 e. The molecule has 0 aromatic carbocycles. The summed E-state index contributed by atoms with van der Waals surface area (Å²) in [6, 6.07) is 1.65. The molecule has 6 nitrogen and oxygen atoms in total. The summed E-state index contributed by atoms with van der Waals surface area (Å²) in [7, 11) is -3.44. The van der Waals surface area contributed by atoms with Gasteiger partial charge in [0.05, 0.1) is 4.90 Å². The van der Waals surface area contributed by atoms with Crippen molar-refractivity contribution in [2.75, 3.05) is 19.6 Å². The van der Waals surface area contributed by atoms with Crippen LogP contribution in [0, 0.1) is 5.92 Å². The van der Waals surface area contributed by atoms with Gasteiger partial charge in [0.2, 0.25) is 10.0 Å². The molecule has 4 rings (SSSR count). The number of piperidine rings is 3. The van der Waals surface area contributed by atoms with Crippen LogP contribution in [0.1, 0.15) is 18.5 Å². The van der Waals surface area contributed by atoms with Gasteiger partial charge in [-0.25, -0.2) is 13.1 Å². The van der Waals surface area contributed by atoms with E-state index in [1.54, 1.807) is 6.07 Å². The van der Waals surface area contributed by atoms with E-state index in [1.807, 2.05) is 0 Å². The fourth-order valence-corrected chi connectivity index (χ4v) is 4.37. The Morgan fingerprint density at radius 2 is 2.16 bits per heavy atom. The SMILES string of the molecule is NCc1cc(S(=O)(=O)NC2CN3CCC2CC3)c[nH]1. The zero-order chi connectivity index (χ0) is 13.5. The number of hydrogen-bond donors (Lipinski definition) is 3. The van der Waals surface area contributed by atoms with Gasteiger partial charge in [-0.15, -0.1) is 0 Å². The Bertz CT molecular complexity index is 546. The molecule has 1 unspecified atom stereocenters. The van der Waals surface area contributed by atoms with E-state index in [2.05, 4.69) is 14.6 Å². The van der Waals surface area contributed by atoms with E-state index in [0.717, 1.165) is 38.2 Å². The lowest BCUT2D eigenvalue weighted by Crippen LogP contribution is -2.57.